The highest BCUT2D eigenvalue weighted by molar-refractivity contribution is 7.89. The van der Waals surface area contributed by atoms with Gasteiger partial charge in [0.25, 0.3) is 0 Å². The third kappa shape index (κ3) is 4.61. The molecule has 10 heteroatoms. The number of halogens is 1. The molecule has 0 unspecified atom stereocenters. The number of fused-ring (bicyclic) bond motifs is 1. The van der Waals surface area contributed by atoms with Crippen molar-refractivity contribution in [2.24, 2.45) is 0 Å². The van der Waals surface area contributed by atoms with Crippen LogP contribution >= 0.6 is 22.9 Å². The normalized spacial score (nSPS) is 15.9. The summed E-state index contributed by atoms with van der Waals surface area (Å²) in [4.78, 5) is 21.3. The molecule has 0 saturated carbocycles. The number of rotatable bonds is 6. The quantitative estimate of drug-likeness (QED) is 0.543. The second-order valence-electron chi connectivity index (χ2n) is 7.21. The van der Waals surface area contributed by atoms with Crippen molar-refractivity contribution in [2.45, 2.75) is 11.8 Å². The topological polar surface area (TPSA) is 73.8 Å². The summed E-state index contributed by atoms with van der Waals surface area (Å²) >= 11 is 7.59. The third-order valence-corrected chi connectivity index (χ3v) is 8.73. The van der Waals surface area contributed by atoms with E-state index < -0.39 is 10.0 Å². The van der Waals surface area contributed by atoms with Gasteiger partial charge >= 0.3 is 0 Å². The summed E-state index contributed by atoms with van der Waals surface area (Å²) in [7, 11) is -3.65. The van der Waals surface area contributed by atoms with E-state index in [4.69, 9.17) is 11.6 Å². The van der Waals surface area contributed by atoms with Crippen LogP contribution in [0.4, 0.5) is 5.13 Å². The summed E-state index contributed by atoms with van der Waals surface area (Å²) in [6.45, 7) is 4.27. The van der Waals surface area contributed by atoms with Crippen LogP contribution in [0.15, 0.2) is 53.4 Å². The van der Waals surface area contributed by atoms with Crippen LogP contribution in [0.1, 0.15) is 6.92 Å². The van der Waals surface area contributed by atoms with Crippen molar-refractivity contribution in [1.29, 1.82) is 0 Å². The number of nitrogens with zero attached hydrogens (tertiary/aromatic N) is 4. The van der Waals surface area contributed by atoms with E-state index in [1.54, 1.807) is 23.1 Å². The van der Waals surface area contributed by atoms with Gasteiger partial charge in [0.2, 0.25) is 15.9 Å². The molecule has 164 valence electrons. The number of thiazole rings is 1. The Morgan fingerprint density at radius 2 is 1.77 bits per heavy atom. The summed E-state index contributed by atoms with van der Waals surface area (Å²) in [6, 6.07) is 14.3. The number of carbonyl (C=O) groups is 1. The maximum atomic E-state index is 13.0. The van der Waals surface area contributed by atoms with Gasteiger partial charge in [-0.05, 0) is 31.2 Å². The molecular weight excluding hydrogens is 456 g/mol. The fourth-order valence-electron chi connectivity index (χ4n) is 3.59. The van der Waals surface area contributed by atoms with E-state index in [0.29, 0.717) is 37.9 Å². The van der Waals surface area contributed by atoms with Crippen molar-refractivity contribution in [3.63, 3.8) is 0 Å². The van der Waals surface area contributed by atoms with E-state index in [9.17, 15) is 13.2 Å². The summed E-state index contributed by atoms with van der Waals surface area (Å²) < 4.78 is 28.3. The highest BCUT2D eigenvalue weighted by Crippen LogP contribution is 2.29. The summed E-state index contributed by atoms with van der Waals surface area (Å²) in [5.74, 6) is -0.0380. The minimum absolute atomic E-state index is 0.0380. The fourth-order valence-corrected chi connectivity index (χ4v) is 6.55. The van der Waals surface area contributed by atoms with Crippen molar-refractivity contribution in [2.75, 3.05) is 44.2 Å². The van der Waals surface area contributed by atoms with Gasteiger partial charge in [-0.15, -0.1) is 0 Å². The zero-order valence-corrected chi connectivity index (χ0v) is 19.5. The second kappa shape index (κ2) is 9.22. The molecule has 0 radical (unpaired) electrons. The molecule has 0 aliphatic carbocycles. The lowest BCUT2D eigenvalue weighted by molar-refractivity contribution is -0.120. The highest BCUT2D eigenvalue weighted by atomic mass is 35.5. The molecule has 0 bridgehead atoms. The van der Waals surface area contributed by atoms with Crippen molar-refractivity contribution < 1.29 is 13.2 Å². The van der Waals surface area contributed by atoms with E-state index in [1.165, 1.54) is 21.7 Å². The standard InChI is InChI=1S/C21H23ClN4O3S2/c1-2-26(21-23-17-8-4-5-9-18(17)30-21)20(27)15-24-11-13-25(14-12-24)31(28,29)19-10-6-3-7-16(19)22/h3-10H,2,11-15H2,1H3. The molecule has 0 N–H and O–H groups in total. The van der Waals surface area contributed by atoms with Crippen LogP contribution in [-0.2, 0) is 14.8 Å². The first-order chi connectivity index (χ1) is 14.9. The van der Waals surface area contributed by atoms with Crippen LogP contribution in [0.2, 0.25) is 5.02 Å². The number of likely N-dealkylation sites (N-methyl/N-ethyl adjacent to an activating group) is 1. The Morgan fingerprint density at radius 1 is 1.10 bits per heavy atom. The molecule has 1 fully saturated rings. The largest absolute Gasteiger partial charge is 0.292 e. The van der Waals surface area contributed by atoms with Gasteiger partial charge in [0, 0.05) is 32.7 Å². The van der Waals surface area contributed by atoms with Crippen molar-refractivity contribution in [3.05, 3.63) is 53.6 Å². The lowest BCUT2D eigenvalue weighted by Gasteiger charge is -2.34. The van der Waals surface area contributed by atoms with E-state index in [1.807, 2.05) is 36.1 Å². The average molecular weight is 479 g/mol. The molecule has 2 heterocycles. The van der Waals surface area contributed by atoms with Gasteiger partial charge in [-0.3, -0.25) is 14.6 Å². The lowest BCUT2D eigenvalue weighted by Crippen LogP contribution is -2.51. The Bertz CT molecular complexity index is 1160. The zero-order valence-electron chi connectivity index (χ0n) is 17.1. The molecule has 1 aromatic heterocycles. The minimum Gasteiger partial charge on any atom is -0.292 e. The van der Waals surface area contributed by atoms with Gasteiger partial charge in [0.1, 0.15) is 4.90 Å². The van der Waals surface area contributed by atoms with Crippen LogP contribution < -0.4 is 4.90 Å². The number of benzene rings is 2. The Balaban J connectivity index is 1.40. The number of carbonyl (C=O) groups excluding carboxylic acids is 1. The van der Waals surface area contributed by atoms with Crippen LogP contribution in [0, 0.1) is 0 Å². The van der Waals surface area contributed by atoms with Crippen LogP contribution in [0.25, 0.3) is 10.2 Å². The van der Waals surface area contributed by atoms with Crippen LogP contribution in [0.5, 0.6) is 0 Å². The molecule has 1 saturated heterocycles. The van der Waals surface area contributed by atoms with Gasteiger partial charge in [0.15, 0.2) is 5.13 Å². The number of piperazine rings is 1. The van der Waals surface area contributed by atoms with Gasteiger partial charge in [-0.1, -0.05) is 47.2 Å². The smallest absolute Gasteiger partial charge is 0.244 e. The molecule has 3 aromatic rings. The minimum atomic E-state index is -3.65. The molecule has 0 spiro atoms. The van der Waals surface area contributed by atoms with Gasteiger partial charge < -0.3 is 0 Å². The first kappa shape index (κ1) is 22.2. The van der Waals surface area contributed by atoms with Gasteiger partial charge in [-0.2, -0.15) is 4.31 Å². The highest BCUT2D eigenvalue weighted by Gasteiger charge is 2.31. The summed E-state index contributed by atoms with van der Waals surface area (Å²) in [6.07, 6.45) is 0. The van der Waals surface area contributed by atoms with Crippen LogP contribution in [-0.4, -0.2) is 67.8 Å². The first-order valence-corrected chi connectivity index (χ1v) is 12.7. The van der Waals surface area contributed by atoms with E-state index >= 15 is 0 Å². The van der Waals surface area contributed by atoms with Gasteiger partial charge in [-0.25, -0.2) is 13.4 Å². The Morgan fingerprint density at radius 3 is 2.45 bits per heavy atom. The predicted octanol–water partition coefficient (Wildman–Crippen LogP) is 3.31. The molecule has 1 aliphatic rings. The fraction of sp³-hybridized carbons (Fsp3) is 0.333. The Hall–Kier alpha value is -2.04. The average Bonchev–Trinajstić information content (AvgIpc) is 3.18. The molecule has 0 atom stereocenters. The number of sulfonamides is 1. The summed E-state index contributed by atoms with van der Waals surface area (Å²) in [5, 5.41) is 0.906. The number of anilines is 1. The number of hydrogen-bond acceptors (Lipinski definition) is 6. The number of para-hydroxylation sites is 1. The molecule has 4 rings (SSSR count). The first-order valence-electron chi connectivity index (χ1n) is 10.0. The monoisotopic (exact) mass is 478 g/mol. The lowest BCUT2D eigenvalue weighted by atomic mass is 10.3. The third-order valence-electron chi connectivity index (χ3n) is 5.28. The molecule has 31 heavy (non-hydrogen) atoms. The second-order valence-corrected chi connectivity index (χ2v) is 10.5. The maximum absolute atomic E-state index is 13.0. The van der Waals surface area contributed by atoms with Crippen molar-refractivity contribution in [1.82, 2.24) is 14.2 Å². The number of hydrogen-bond donors (Lipinski definition) is 0. The maximum Gasteiger partial charge on any atom is 0.244 e. The molecule has 2 aromatic carbocycles. The van der Waals surface area contributed by atoms with Crippen LogP contribution in [0.3, 0.4) is 0 Å². The van der Waals surface area contributed by atoms with E-state index in [0.717, 1.165) is 10.2 Å². The van der Waals surface area contributed by atoms with E-state index in [-0.39, 0.29) is 22.4 Å². The van der Waals surface area contributed by atoms with Gasteiger partial charge in [0.05, 0.1) is 21.8 Å². The summed E-state index contributed by atoms with van der Waals surface area (Å²) in [5.41, 5.74) is 0.882. The van der Waals surface area contributed by atoms with Crippen molar-refractivity contribution in [3.8, 4) is 0 Å². The van der Waals surface area contributed by atoms with E-state index in [2.05, 4.69) is 4.98 Å². The number of amides is 1. The number of aromatic nitrogens is 1. The Labute approximate surface area is 190 Å². The SMILES string of the molecule is CCN(C(=O)CN1CCN(S(=O)(=O)c2ccccc2Cl)CC1)c1nc2ccccc2s1. The zero-order chi connectivity index (χ0) is 22.0. The van der Waals surface area contributed by atoms with Crippen molar-refractivity contribution >= 4 is 54.2 Å². The molecule has 1 aliphatic heterocycles. The molecule has 7 nitrogen and oxygen atoms in total. The molecular formula is C21H23ClN4O3S2. The predicted molar refractivity (Wildman–Crippen MR) is 124 cm³/mol. The Kier molecular flexibility index (Phi) is 6.59. The molecule has 1 amide bonds.